The Morgan fingerprint density at radius 1 is 1.04 bits per heavy atom. The molecule has 3 aromatic heterocycles. The molecule has 25 heavy (non-hydrogen) atoms. The fraction of sp³-hybridized carbons (Fsp3) is 0.444. The van der Waals surface area contributed by atoms with E-state index >= 15 is 0 Å². The fourth-order valence-electron chi connectivity index (χ4n) is 3.46. The van der Waals surface area contributed by atoms with Crippen molar-refractivity contribution in [1.82, 2.24) is 24.6 Å². The Labute approximate surface area is 147 Å². The molecule has 0 aromatic carbocycles. The lowest BCUT2D eigenvalue weighted by molar-refractivity contribution is 0.522. The van der Waals surface area contributed by atoms with E-state index in [9.17, 15) is 0 Å². The van der Waals surface area contributed by atoms with E-state index in [4.69, 9.17) is 0 Å². The first kappa shape index (κ1) is 15.8. The Morgan fingerprint density at radius 2 is 1.84 bits per heavy atom. The van der Waals surface area contributed by atoms with Gasteiger partial charge in [-0.2, -0.15) is 5.10 Å². The summed E-state index contributed by atoms with van der Waals surface area (Å²) in [4.78, 5) is 15.8. The molecular weight excluding hydrogens is 314 g/mol. The number of aromatic nitrogens is 5. The number of piperidine rings is 1. The third-order valence-electron chi connectivity index (χ3n) is 4.62. The van der Waals surface area contributed by atoms with Gasteiger partial charge >= 0.3 is 0 Å². The van der Waals surface area contributed by atoms with Gasteiger partial charge in [-0.05, 0) is 39.7 Å². The predicted octanol–water partition coefficient (Wildman–Crippen LogP) is 2.53. The molecule has 4 heterocycles. The SMILES string of the molecule is Cc1cc(N2CCC(Nc3nccn4nc(C)cc34)CC2)nc(C)n1. The maximum Gasteiger partial charge on any atom is 0.152 e. The molecule has 0 spiro atoms. The summed E-state index contributed by atoms with van der Waals surface area (Å²) in [6.07, 6.45) is 5.79. The zero-order chi connectivity index (χ0) is 17.4. The molecule has 1 N–H and O–H groups in total. The number of anilines is 2. The van der Waals surface area contributed by atoms with Crippen molar-refractivity contribution in [2.75, 3.05) is 23.3 Å². The molecule has 7 nitrogen and oxygen atoms in total. The molecule has 0 radical (unpaired) electrons. The van der Waals surface area contributed by atoms with E-state index in [1.165, 1.54) is 0 Å². The molecule has 3 aromatic rings. The van der Waals surface area contributed by atoms with Crippen LogP contribution in [0.4, 0.5) is 11.6 Å². The van der Waals surface area contributed by atoms with Gasteiger partial charge in [-0.3, -0.25) is 0 Å². The van der Waals surface area contributed by atoms with Crippen LogP contribution in [0.2, 0.25) is 0 Å². The highest BCUT2D eigenvalue weighted by atomic mass is 15.2. The minimum Gasteiger partial charge on any atom is -0.365 e. The Kier molecular flexibility index (Phi) is 3.99. The monoisotopic (exact) mass is 337 g/mol. The molecular formula is C18H23N7. The van der Waals surface area contributed by atoms with E-state index < -0.39 is 0 Å². The Hall–Kier alpha value is -2.70. The number of nitrogens with zero attached hydrogens (tertiary/aromatic N) is 6. The van der Waals surface area contributed by atoms with Gasteiger partial charge < -0.3 is 10.2 Å². The highest BCUT2D eigenvalue weighted by molar-refractivity contribution is 5.68. The van der Waals surface area contributed by atoms with Gasteiger partial charge in [-0.15, -0.1) is 0 Å². The number of aryl methyl sites for hydroxylation is 3. The zero-order valence-electron chi connectivity index (χ0n) is 14.9. The lowest BCUT2D eigenvalue weighted by Crippen LogP contribution is -2.39. The molecule has 4 rings (SSSR count). The van der Waals surface area contributed by atoms with E-state index in [0.717, 1.165) is 60.3 Å². The van der Waals surface area contributed by atoms with Crippen molar-refractivity contribution in [2.24, 2.45) is 0 Å². The van der Waals surface area contributed by atoms with Crippen LogP contribution in [0.1, 0.15) is 30.1 Å². The number of rotatable bonds is 3. The van der Waals surface area contributed by atoms with Crippen LogP contribution in [0.25, 0.3) is 5.52 Å². The van der Waals surface area contributed by atoms with Crippen LogP contribution in [-0.4, -0.2) is 43.7 Å². The summed E-state index contributed by atoms with van der Waals surface area (Å²) in [5.74, 6) is 2.78. The van der Waals surface area contributed by atoms with Gasteiger partial charge in [0, 0.05) is 43.3 Å². The van der Waals surface area contributed by atoms with Crippen molar-refractivity contribution in [3.63, 3.8) is 0 Å². The topological polar surface area (TPSA) is 71.2 Å². The number of hydrogen-bond acceptors (Lipinski definition) is 6. The van der Waals surface area contributed by atoms with Crippen molar-refractivity contribution in [1.29, 1.82) is 0 Å². The molecule has 0 aliphatic carbocycles. The second kappa shape index (κ2) is 6.31. The normalized spacial score (nSPS) is 15.7. The summed E-state index contributed by atoms with van der Waals surface area (Å²) in [7, 11) is 0. The molecule has 1 fully saturated rings. The lowest BCUT2D eigenvalue weighted by atomic mass is 10.0. The van der Waals surface area contributed by atoms with Crippen LogP contribution in [-0.2, 0) is 0 Å². The molecule has 0 unspecified atom stereocenters. The summed E-state index contributed by atoms with van der Waals surface area (Å²) in [5, 5.41) is 8.05. The molecule has 1 aliphatic heterocycles. The number of hydrogen-bond donors (Lipinski definition) is 1. The molecule has 1 aliphatic rings. The lowest BCUT2D eigenvalue weighted by Gasteiger charge is -2.33. The largest absolute Gasteiger partial charge is 0.365 e. The van der Waals surface area contributed by atoms with Gasteiger partial charge in [-0.25, -0.2) is 19.5 Å². The van der Waals surface area contributed by atoms with Crippen LogP contribution in [0.5, 0.6) is 0 Å². The Morgan fingerprint density at radius 3 is 2.60 bits per heavy atom. The van der Waals surface area contributed by atoms with Crippen molar-refractivity contribution < 1.29 is 0 Å². The van der Waals surface area contributed by atoms with Crippen molar-refractivity contribution in [3.8, 4) is 0 Å². The number of fused-ring (bicyclic) bond motifs is 1. The van der Waals surface area contributed by atoms with Crippen LogP contribution in [0.3, 0.4) is 0 Å². The quantitative estimate of drug-likeness (QED) is 0.792. The van der Waals surface area contributed by atoms with E-state index in [0.29, 0.717) is 6.04 Å². The molecule has 130 valence electrons. The summed E-state index contributed by atoms with van der Waals surface area (Å²) in [6, 6.07) is 4.55. The number of nitrogens with one attached hydrogen (secondary N) is 1. The Bertz CT molecular complexity index is 873. The fourth-order valence-corrected chi connectivity index (χ4v) is 3.46. The highest BCUT2D eigenvalue weighted by Gasteiger charge is 2.21. The summed E-state index contributed by atoms with van der Waals surface area (Å²) >= 11 is 0. The van der Waals surface area contributed by atoms with Gasteiger partial charge in [-0.1, -0.05) is 0 Å². The predicted molar refractivity (Wildman–Crippen MR) is 98.1 cm³/mol. The van der Waals surface area contributed by atoms with Crippen LogP contribution >= 0.6 is 0 Å². The minimum atomic E-state index is 0.411. The summed E-state index contributed by atoms with van der Waals surface area (Å²) in [5.41, 5.74) is 3.06. The maximum atomic E-state index is 4.58. The van der Waals surface area contributed by atoms with Gasteiger partial charge in [0.25, 0.3) is 0 Å². The average molecular weight is 337 g/mol. The van der Waals surface area contributed by atoms with Crippen molar-refractivity contribution in [2.45, 2.75) is 39.7 Å². The van der Waals surface area contributed by atoms with Crippen molar-refractivity contribution in [3.05, 3.63) is 41.7 Å². The van der Waals surface area contributed by atoms with Gasteiger partial charge in [0.05, 0.1) is 5.69 Å². The van der Waals surface area contributed by atoms with E-state index in [-0.39, 0.29) is 0 Å². The van der Waals surface area contributed by atoms with Crippen molar-refractivity contribution >= 4 is 17.2 Å². The second-order valence-corrected chi connectivity index (χ2v) is 6.71. The van der Waals surface area contributed by atoms with Crippen LogP contribution < -0.4 is 10.2 Å². The minimum absolute atomic E-state index is 0.411. The second-order valence-electron chi connectivity index (χ2n) is 6.71. The first-order chi connectivity index (χ1) is 12.1. The average Bonchev–Trinajstić information content (AvgIpc) is 2.96. The van der Waals surface area contributed by atoms with E-state index in [2.05, 4.69) is 42.4 Å². The molecule has 1 saturated heterocycles. The van der Waals surface area contributed by atoms with E-state index in [1.807, 2.05) is 31.5 Å². The third kappa shape index (κ3) is 3.26. The smallest absolute Gasteiger partial charge is 0.152 e. The zero-order valence-corrected chi connectivity index (χ0v) is 14.9. The van der Waals surface area contributed by atoms with Gasteiger partial charge in [0.15, 0.2) is 5.82 Å². The molecule has 7 heteroatoms. The maximum absolute atomic E-state index is 4.58. The van der Waals surface area contributed by atoms with Gasteiger partial charge in [0.1, 0.15) is 17.2 Å². The third-order valence-corrected chi connectivity index (χ3v) is 4.62. The van der Waals surface area contributed by atoms with E-state index in [1.54, 1.807) is 6.20 Å². The molecule has 0 saturated carbocycles. The first-order valence-corrected chi connectivity index (χ1v) is 8.73. The standard InChI is InChI=1S/C18H23N7/c1-12-11-17(21-14(3)20-12)24-7-4-15(5-8-24)22-18-16-10-13(2)23-25(16)9-6-19-18/h6,9-11,15H,4-5,7-8H2,1-3H3,(H,19,22). The van der Waals surface area contributed by atoms with Crippen LogP contribution in [0.15, 0.2) is 24.5 Å². The molecule has 0 atom stereocenters. The summed E-state index contributed by atoms with van der Waals surface area (Å²) < 4.78 is 1.88. The first-order valence-electron chi connectivity index (χ1n) is 8.73. The molecule has 0 bridgehead atoms. The summed E-state index contributed by atoms with van der Waals surface area (Å²) in [6.45, 7) is 7.93. The highest BCUT2D eigenvalue weighted by Crippen LogP contribution is 2.22. The van der Waals surface area contributed by atoms with Crippen LogP contribution in [0, 0.1) is 20.8 Å². The molecule has 0 amide bonds. The Balaban J connectivity index is 1.45. The van der Waals surface area contributed by atoms with Gasteiger partial charge in [0.2, 0.25) is 0 Å².